The second-order valence-corrected chi connectivity index (χ2v) is 12.1. The largest absolute Gasteiger partial charge is 0.504 e. The van der Waals surface area contributed by atoms with E-state index in [0.29, 0.717) is 12.3 Å². The van der Waals surface area contributed by atoms with Crippen LogP contribution in [-0.4, -0.2) is 52.1 Å². The standard InChI is InChI=1S/C26H34N2O4/c1-22(2,3)23(4,30)17-13-24-8-9-26(17,31-5)21-25(24)10-11-28(14-27)18(24)12-15-6-7-16(29)20(32-21)19(15)25/h6-7,17-18,21,29-30H,8-13H2,1-5H3/t17-,18-,21-,23+,24-,25+,26-/m1/s1. The van der Waals surface area contributed by atoms with Gasteiger partial charge in [-0.05, 0) is 56.1 Å². The SMILES string of the molecule is CO[C@]12CC[C@@]3(C[C@@H]1[C@](C)(O)C(C)(C)C)[C@H]1Cc4ccc(O)c5c4[C@@]3(CCN1C#N)[C@H]2O5. The molecule has 6 nitrogen and oxygen atoms in total. The Morgan fingerprint density at radius 1 is 1.22 bits per heavy atom. The molecule has 4 fully saturated rings. The van der Waals surface area contributed by atoms with Gasteiger partial charge in [0.25, 0.3) is 0 Å². The Kier molecular flexibility index (Phi) is 3.70. The molecule has 1 saturated heterocycles. The highest BCUT2D eigenvalue weighted by atomic mass is 16.6. The minimum Gasteiger partial charge on any atom is -0.504 e. The predicted octanol–water partition coefficient (Wildman–Crippen LogP) is 3.48. The average molecular weight is 439 g/mol. The fraction of sp³-hybridized carbons (Fsp3) is 0.731. The van der Waals surface area contributed by atoms with Crippen molar-refractivity contribution in [3.05, 3.63) is 23.3 Å². The van der Waals surface area contributed by atoms with Crippen LogP contribution in [0.15, 0.2) is 12.1 Å². The van der Waals surface area contributed by atoms with Gasteiger partial charge in [-0.3, -0.25) is 0 Å². The first kappa shape index (κ1) is 20.6. The summed E-state index contributed by atoms with van der Waals surface area (Å²) in [6.07, 6.45) is 6.31. The summed E-state index contributed by atoms with van der Waals surface area (Å²) in [4.78, 5) is 1.99. The third-order valence-electron chi connectivity index (χ3n) is 10.7. The molecule has 1 aromatic rings. The summed E-state index contributed by atoms with van der Waals surface area (Å²) in [6, 6.07) is 3.83. The van der Waals surface area contributed by atoms with Gasteiger partial charge in [-0.1, -0.05) is 26.8 Å². The molecule has 4 bridgehead atoms. The van der Waals surface area contributed by atoms with Gasteiger partial charge in [-0.25, -0.2) is 0 Å². The number of phenols is 1. The van der Waals surface area contributed by atoms with Crippen molar-refractivity contribution in [2.24, 2.45) is 16.7 Å². The van der Waals surface area contributed by atoms with E-state index >= 15 is 0 Å². The van der Waals surface area contributed by atoms with E-state index in [-0.39, 0.29) is 40.1 Å². The number of fused-ring (bicyclic) bond motifs is 2. The number of likely N-dealkylation sites (tertiary alicyclic amines) is 1. The first-order chi connectivity index (χ1) is 15.0. The van der Waals surface area contributed by atoms with Crippen LogP contribution in [0.25, 0.3) is 0 Å². The molecule has 0 amide bonds. The van der Waals surface area contributed by atoms with E-state index in [1.165, 1.54) is 5.56 Å². The van der Waals surface area contributed by atoms with Crippen LogP contribution in [0.2, 0.25) is 0 Å². The van der Waals surface area contributed by atoms with Crippen molar-refractivity contribution in [3.63, 3.8) is 0 Å². The third kappa shape index (κ3) is 1.89. The van der Waals surface area contributed by atoms with Crippen molar-refractivity contribution in [3.8, 4) is 17.7 Å². The highest BCUT2D eigenvalue weighted by Gasteiger charge is 2.82. The van der Waals surface area contributed by atoms with Crippen LogP contribution < -0.4 is 4.74 Å². The molecule has 4 aliphatic carbocycles. The molecule has 6 aliphatic rings. The van der Waals surface area contributed by atoms with Crippen LogP contribution in [0.4, 0.5) is 0 Å². The molecule has 172 valence electrons. The van der Waals surface area contributed by atoms with Gasteiger partial charge in [0.2, 0.25) is 0 Å². The van der Waals surface area contributed by atoms with Crippen molar-refractivity contribution >= 4 is 0 Å². The normalized spacial score (nSPS) is 42.7. The zero-order valence-electron chi connectivity index (χ0n) is 19.7. The van der Waals surface area contributed by atoms with Gasteiger partial charge in [0.1, 0.15) is 11.7 Å². The topological polar surface area (TPSA) is 86.0 Å². The second kappa shape index (κ2) is 5.74. The van der Waals surface area contributed by atoms with Crippen LogP contribution in [0.1, 0.15) is 64.5 Å². The Balaban J connectivity index is 1.66. The number of methoxy groups -OCH3 is 1. The number of ether oxygens (including phenoxy) is 2. The van der Waals surface area contributed by atoms with E-state index in [9.17, 15) is 15.5 Å². The minimum atomic E-state index is -0.996. The van der Waals surface area contributed by atoms with Gasteiger partial charge < -0.3 is 24.6 Å². The lowest BCUT2D eigenvalue weighted by atomic mass is 9.33. The summed E-state index contributed by atoms with van der Waals surface area (Å²) in [7, 11) is 1.76. The van der Waals surface area contributed by atoms with Gasteiger partial charge in [0.05, 0.1) is 5.60 Å². The molecule has 0 aromatic heterocycles. The maximum Gasteiger partial charge on any atom is 0.179 e. The fourth-order valence-corrected chi connectivity index (χ4v) is 8.76. The first-order valence-corrected chi connectivity index (χ1v) is 12.0. The van der Waals surface area contributed by atoms with Gasteiger partial charge >= 0.3 is 0 Å². The average Bonchev–Trinajstić information content (AvgIpc) is 3.11. The van der Waals surface area contributed by atoms with Crippen molar-refractivity contribution in [1.82, 2.24) is 4.90 Å². The summed E-state index contributed by atoms with van der Waals surface area (Å²) in [6.45, 7) is 8.90. The highest BCUT2D eigenvalue weighted by molar-refractivity contribution is 5.63. The van der Waals surface area contributed by atoms with Crippen LogP contribution in [0.5, 0.6) is 11.5 Å². The van der Waals surface area contributed by atoms with Crippen molar-refractivity contribution < 1.29 is 19.7 Å². The minimum absolute atomic E-state index is 0.0729. The smallest absolute Gasteiger partial charge is 0.179 e. The summed E-state index contributed by atoms with van der Waals surface area (Å²) >= 11 is 0. The number of nitriles is 1. The maximum atomic E-state index is 12.0. The number of aromatic hydroxyl groups is 1. The molecular weight excluding hydrogens is 404 g/mol. The molecule has 2 heterocycles. The number of nitrogens with zero attached hydrogens (tertiary/aromatic N) is 2. The lowest BCUT2D eigenvalue weighted by Crippen LogP contribution is -2.83. The van der Waals surface area contributed by atoms with Crippen molar-refractivity contribution in [2.45, 2.75) is 88.6 Å². The van der Waals surface area contributed by atoms with Gasteiger partial charge in [0.15, 0.2) is 17.7 Å². The third-order valence-corrected chi connectivity index (χ3v) is 10.7. The molecule has 2 aliphatic heterocycles. The molecule has 0 unspecified atom stereocenters. The number of hydrogen-bond donors (Lipinski definition) is 2. The van der Waals surface area contributed by atoms with E-state index in [4.69, 9.17) is 9.47 Å². The molecule has 0 radical (unpaired) electrons. The number of piperidine rings is 1. The molecule has 2 spiro atoms. The van der Waals surface area contributed by atoms with Crippen LogP contribution in [0, 0.1) is 28.2 Å². The Bertz CT molecular complexity index is 1060. The van der Waals surface area contributed by atoms with Gasteiger partial charge in [0, 0.05) is 42.0 Å². The van der Waals surface area contributed by atoms with Crippen molar-refractivity contribution in [1.29, 1.82) is 5.26 Å². The van der Waals surface area contributed by atoms with Gasteiger partial charge in [-0.2, -0.15) is 5.26 Å². The summed E-state index contributed by atoms with van der Waals surface area (Å²) in [5.41, 5.74) is -0.159. The molecule has 3 saturated carbocycles. The molecular formula is C26H34N2O4. The molecule has 6 heteroatoms. The van der Waals surface area contributed by atoms with Crippen molar-refractivity contribution in [2.75, 3.05) is 13.7 Å². The molecule has 7 atom stereocenters. The zero-order chi connectivity index (χ0) is 22.9. The Hall–Kier alpha value is -1.97. The maximum absolute atomic E-state index is 12.0. The molecule has 32 heavy (non-hydrogen) atoms. The number of rotatable bonds is 2. The van der Waals surface area contributed by atoms with E-state index in [1.54, 1.807) is 13.2 Å². The number of aliphatic hydroxyl groups is 1. The van der Waals surface area contributed by atoms with E-state index in [0.717, 1.165) is 37.7 Å². The number of hydrogen-bond acceptors (Lipinski definition) is 6. The quantitative estimate of drug-likeness (QED) is 0.688. The van der Waals surface area contributed by atoms with Crippen LogP contribution in [0.3, 0.4) is 0 Å². The molecule has 1 aromatic carbocycles. The number of benzene rings is 1. The Morgan fingerprint density at radius 3 is 2.62 bits per heavy atom. The summed E-state index contributed by atoms with van der Waals surface area (Å²) in [5, 5.41) is 32.9. The van der Waals surface area contributed by atoms with E-state index < -0.39 is 11.2 Å². The monoisotopic (exact) mass is 438 g/mol. The Morgan fingerprint density at radius 2 is 1.97 bits per heavy atom. The predicted molar refractivity (Wildman–Crippen MR) is 118 cm³/mol. The van der Waals surface area contributed by atoms with Crippen LogP contribution >= 0.6 is 0 Å². The second-order valence-electron chi connectivity index (χ2n) is 12.1. The molecule has 2 N–H and O–H groups in total. The molecule has 7 rings (SSSR count). The zero-order valence-corrected chi connectivity index (χ0v) is 19.7. The highest BCUT2D eigenvalue weighted by Crippen LogP contribution is 2.77. The number of phenolic OH excluding ortho intramolecular Hbond substituents is 1. The fourth-order valence-electron chi connectivity index (χ4n) is 8.76. The van der Waals surface area contributed by atoms with E-state index in [2.05, 4.69) is 27.0 Å². The summed E-state index contributed by atoms with van der Waals surface area (Å²) in [5.74, 6) is 0.653. The first-order valence-electron chi connectivity index (χ1n) is 12.0. The van der Waals surface area contributed by atoms with Crippen LogP contribution in [-0.2, 0) is 16.6 Å². The van der Waals surface area contributed by atoms with E-state index in [1.807, 2.05) is 17.9 Å². The Labute approximate surface area is 190 Å². The lowest BCUT2D eigenvalue weighted by molar-refractivity contribution is -0.309. The lowest BCUT2D eigenvalue weighted by Gasteiger charge is -2.75. The summed E-state index contributed by atoms with van der Waals surface area (Å²) < 4.78 is 13.2. The van der Waals surface area contributed by atoms with Gasteiger partial charge in [-0.15, -0.1) is 0 Å².